The van der Waals surface area contributed by atoms with Crippen molar-refractivity contribution >= 4 is 21.6 Å². The number of nitrogens with zero attached hydrogens (tertiary/aromatic N) is 5. The monoisotopic (exact) mass is 641 g/mol. The summed E-state index contributed by atoms with van der Waals surface area (Å²) in [5, 5.41) is 28.8. The third-order valence-electron chi connectivity index (χ3n) is 7.31. The lowest BCUT2D eigenvalue weighted by Gasteiger charge is -2.34. The summed E-state index contributed by atoms with van der Waals surface area (Å²) in [5.74, 6) is 1.35. The van der Waals surface area contributed by atoms with Crippen LogP contribution < -0.4 is 9.47 Å². The summed E-state index contributed by atoms with van der Waals surface area (Å²) in [7, 11) is -1.12. The molecular formula is C29H31N5O10S. The number of aryl methyl sites for hydroxylation is 1. The summed E-state index contributed by atoms with van der Waals surface area (Å²) in [4.78, 5) is 24.4. The molecule has 238 valence electrons. The SMILES string of the molecule is COc1cccc(OC)c1-n1c(CS(=O)(=O)[C@@H]2C[C@H](O)CN(C(=O)OCc3ccc([N+](=O)[O-])cc3)C2)nnc1-c1ccc(C)o1. The van der Waals surface area contributed by atoms with Crippen molar-refractivity contribution < 1.29 is 41.9 Å². The zero-order valence-corrected chi connectivity index (χ0v) is 25.5. The first-order chi connectivity index (χ1) is 21.5. The highest BCUT2D eigenvalue weighted by atomic mass is 32.2. The Balaban J connectivity index is 1.40. The molecular weight excluding hydrogens is 610 g/mol. The number of aliphatic hydroxyl groups excluding tert-OH is 1. The fourth-order valence-corrected chi connectivity index (χ4v) is 6.80. The van der Waals surface area contributed by atoms with Crippen LogP contribution in [0.1, 0.15) is 23.6 Å². The van der Waals surface area contributed by atoms with Gasteiger partial charge >= 0.3 is 6.09 Å². The third kappa shape index (κ3) is 6.76. The number of sulfone groups is 1. The molecule has 1 aliphatic heterocycles. The van der Waals surface area contributed by atoms with Crippen molar-refractivity contribution in [2.24, 2.45) is 0 Å². The number of aliphatic hydroxyl groups is 1. The molecule has 5 rings (SSSR count). The number of piperidine rings is 1. The molecule has 0 radical (unpaired) electrons. The molecule has 1 aliphatic rings. The standard InChI is InChI=1S/C29H31N5O10S/c1-18-7-12-25(44-18)28-31-30-26(33(28)27-23(41-2)5-4-6-24(27)42-3)17-45(39,40)22-13-21(35)14-32(15-22)29(36)43-16-19-8-10-20(11-9-19)34(37)38/h4-12,21-22,35H,13-17H2,1-3H3/t21-,22+/m0/s1. The van der Waals surface area contributed by atoms with Gasteiger partial charge in [0.15, 0.2) is 21.4 Å². The normalized spacial score (nSPS) is 16.8. The number of furan rings is 1. The van der Waals surface area contributed by atoms with Crippen LogP contribution in [0.3, 0.4) is 0 Å². The van der Waals surface area contributed by atoms with Gasteiger partial charge in [0.25, 0.3) is 5.69 Å². The Morgan fingerprint density at radius 3 is 2.36 bits per heavy atom. The van der Waals surface area contributed by atoms with Crippen molar-refractivity contribution in [1.82, 2.24) is 19.7 Å². The highest BCUT2D eigenvalue weighted by molar-refractivity contribution is 7.91. The second kappa shape index (κ2) is 13.0. The highest BCUT2D eigenvalue weighted by Crippen LogP contribution is 2.37. The molecule has 0 aliphatic carbocycles. The molecule has 3 heterocycles. The van der Waals surface area contributed by atoms with Crippen LogP contribution in [0.2, 0.25) is 0 Å². The Hall–Kier alpha value is -4.96. The Morgan fingerprint density at radius 2 is 1.76 bits per heavy atom. The fourth-order valence-electron chi connectivity index (χ4n) is 5.10. The number of nitro benzene ring substituents is 1. The van der Waals surface area contributed by atoms with Crippen LogP contribution in [0.4, 0.5) is 10.5 Å². The van der Waals surface area contributed by atoms with E-state index in [4.69, 9.17) is 18.6 Å². The summed E-state index contributed by atoms with van der Waals surface area (Å²) in [6.45, 7) is 1.21. The number of amides is 1. The predicted octanol–water partition coefficient (Wildman–Crippen LogP) is 3.45. The van der Waals surface area contributed by atoms with E-state index in [1.54, 1.807) is 37.3 Å². The molecule has 2 aromatic heterocycles. The number of rotatable bonds is 10. The minimum absolute atomic E-state index is 0.0363. The van der Waals surface area contributed by atoms with Crippen LogP contribution in [0.15, 0.2) is 59.0 Å². The van der Waals surface area contributed by atoms with Gasteiger partial charge in [-0.25, -0.2) is 13.2 Å². The number of methoxy groups -OCH3 is 2. The molecule has 15 nitrogen and oxygen atoms in total. The molecule has 0 spiro atoms. The molecule has 0 saturated carbocycles. The number of nitro groups is 1. The van der Waals surface area contributed by atoms with Gasteiger partial charge in [-0.3, -0.25) is 14.7 Å². The summed E-state index contributed by atoms with van der Waals surface area (Å²) < 4.78 is 51.5. The lowest BCUT2D eigenvalue weighted by Crippen LogP contribution is -2.51. The van der Waals surface area contributed by atoms with Crippen molar-refractivity contribution in [3.63, 3.8) is 0 Å². The Kier molecular flexibility index (Phi) is 9.06. The Morgan fingerprint density at radius 1 is 1.07 bits per heavy atom. The lowest BCUT2D eigenvalue weighted by atomic mass is 10.1. The van der Waals surface area contributed by atoms with Gasteiger partial charge in [-0.05, 0) is 55.3 Å². The number of non-ortho nitro benzene ring substituents is 1. The van der Waals surface area contributed by atoms with E-state index in [0.717, 1.165) is 4.90 Å². The first kappa shape index (κ1) is 31.5. The van der Waals surface area contributed by atoms with Gasteiger partial charge < -0.3 is 28.6 Å². The number of aromatic nitrogens is 3. The number of hydrogen-bond acceptors (Lipinski definition) is 12. The molecule has 0 bridgehead atoms. The van der Waals surface area contributed by atoms with Gasteiger partial charge in [0, 0.05) is 18.7 Å². The molecule has 2 aromatic carbocycles. The van der Waals surface area contributed by atoms with Crippen molar-refractivity contribution in [2.75, 3.05) is 27.3 Å². The van der Waals surface area contributed by atoms with E-state index < -0.39 is 38.0 Å². The average Bonchev–Trinajstić information content (AvgIpc) is 3.64. The molecule has 1 fully saturated rings. The van der Waals surface area contributed by atoms with Gasteiger partial charge in [0.1, 0.15) is 35.3 Å². The topological polar surface area (TPSA) is 189 Å². The van der Waals surface area contributed by atoms with E-state index in [9.17, 15) is 28.4 Å². The predicted molar refractivity (Wildman–Crippen MR) is 159 cm³/mol. The zero-order valence-electron chi connectivity index (χ0n) is 24.7. The van der Waals surface area contributed by atoms with Crippen molar-refractivity contribution in [3.8, 4) is 28.8 Å². The van der Waals surface area contributed by atoms with Gasteiger partial charge in [-0.2, -0.15) is 0 Å². The quantitative estimate of drug-likeness (QED) is 0.196. The number of benzene rings is 2. The van der Waals surface area contributed by atoms with Crippen molar-refractivity contribution in [3.05, 3.63) is 81.9 Å². The maximum absolute atomic E-state index is 13.9. The molecule has 1 amide bonds. The molecule has 0 unspecified atom stereocenters. The molecule has 1 N–H and O–H groups in total. The summed E-state index contributed by atoms with van der Waals surface area (Å²) in [6, 6.07) is 14.0. The van der Waals surface area contributed by atoms with Gasteiger partial charge in [-0.1, -0.05) is 6.07 Å². The smallest absolute Gasteiger partial charge is 0.410 e. The van der Waals surface area contributed by atoms with Crippen LogP contribution in [0, 0.1) is 17.0 Å². The molecule has 16 heteroatoms. The van der Waals surface area contributed by atoms with E-state index in [2.05, 4.69) is 10.2 Å². The Labute approximate surface area is 258 Å². The van der Waals surface area contributed by atoms with E-state index in [1.165, 1.54) is 43.1 Å². The highest BCUT2D eigenvalue weighted by Gasteiger charge is 2.39. The molecule has 2 atom stereocenters. The van der Waals surface area contributed by atoms with Crippen LogP contribution >= 0.6 is 0 Å². The second-order valence-corrected chi connectivity index (χ2v) is 12.7. The largest absolute Gasteiger partial charge is 0.494 e. The minimum Gasteiger partial charge on any atom is -0.494 e. The lowest BCUT2D eigenvalue weighted by molar-refractivity contribution is -0.384. The number of likely N-dealkylation sites (tertiary alicyclic amines) is 1. The van der Waals surface area contributed by atoms with Crippen LogP contribution in [-0.4, -0.2) is 82.9 Å². The van der Waals surface area contributed by atoms with Crippen molar-refractivity contribution in [1.29, 1.82) is 0 Å². The van der Waals surface area contributed by atoms with E-state index in [-0.39, 0.29) is 43.5 Å². The first-order valence-corrected chi connectivity index (χ1v) is 15.5. The number of hydrogen-bond donors (Lipinski definition) is 1. The number of ether oxygens (including phenoxy) is 3. The number of para-hydroxylation sites is 1. The van der Waals surface area contributed by atoms with E-state index >= 15 is 0 Å². The zero-order chi connectivity index (χ0) is 32.3. The number of carbonyl (C=O) groups is 1. The second-order valence-electron chi connectivity index (χ2n) is 10.4. The maximum Gasteiger partial charge on any atom is 0.410 e. The van der Waals surface area contributed by atoms with Gasteiger partial charge in [0.2, 0.25) is 5.82 Å². The molecule has 45 heavy (non-hydrogen) atoms. The fraction of sp³-hybridized carbons (Fsp3) is 0.345. The third-order valence-corrected chi connectivity index (χ3v) is 9.33. The maximum atomic E-state index is 13.9. The summed E-state index contributed by atoms with van der Waals surface area (Å²) in [6.07, 6.45) is -2.06. The molecule has 4 aromatic rings. The van der Waals surface area contributed by atoms with Crippen LogP contribution in [-0.2, 0) is 26.9 Å². The van der Waals surface area contributed by atoms with E-state index in [0.29, 0.717) is 34.3 Å². The number of β-amino-alcohol motifs (C(OH)–C–C–N with tert-alkyl or cyclic N) is 1. The van der Waals surface area contributed by atoms with Crippen LogP contribution in [0.5, 0.6) is 11.5 Å². The summed E-state index contributed by atoms with van der Waals surface area (Å²) >= 11 is 0. The average molecular weight is 642 g/mol. The minimum atomic E-state index is -4.06. The number of carbonyl (C=O) groups excluding carboxylic acids is 1. The van der Waals surface area contributed by atoms with E-state index in [1.807, 2.05) is 0 Å². The van der Waals surface area contributed by atoms with Crippen LogP contribution in [0.25, 0.3) is 17.3 Å². The van der Waals surface area contributed by atoms with Gasteiger partial charge in [0.05, 0.1) is 37.0 Å². The summed E-state index contributed by atoms with van der Waals surface area (Å²) in [5.41, 5.74) is 0.759. The van der Waals surface area contributed by atoms with Gasteiger partial charge in [-0.15, -0.1) is 10.2 Å². The first-order valence-electron chi connectivity index (χ1n) is 13.8. The Bertz CT molecular complexity index is 1780. The van der Waals surface area contributed by atoms with Crippen molar-refractivity contribution in [2.45, 2.75) is 37.1 Å². The molecule has 1 saturated heterocycles.